The molecule has 0 atom stereocenters. The van der Waals surface area contributed by atoms with Gasteiger partial charge in [0.25, 0.3) is 0 Å². The average Bonchev–Trinajstić information content (AvgIpc) is 3.07. The van der Waals surface area contributed by atoms with E-state index in [0.29, 0.717) is 10.4 Å². The Balaban J connectivity index is 1.76. The third-order valence-electron chi connectivity index (χ3n) is 3.45. The molecule has 0 amide bonds. The number of aryl methyl sites for hydroxylation is 2. The smallest absolute Gasteiger partial charge is 0.348 e. The maximum atomic E-state index is 12.4. The molecule has 5 heteroatoms. The number of H-pyrrole nitrogens is 1. The van der Waals surface area contributed by atoms with Crippen LogP contribution in [0.1, 0.15) is 30.6 Å². The number of carbonyl (C=O) groups excluding carboxylic acids is 2. The fraction of sp³-hybridized carbons (Fsp3) is 0.176. The maximum Gasteiger partial charge on any atom is 0.348 e. The van der Waals surface area contributed by atoms with Crippen LogP contribution in [-0.4, -0.2) is 23.3 Å². The number of thiophene rings is 1. The van der Waals surface area contributed by atoms with E-state index >= 15 is 0 Å². The summed E-state index contributed by atoms with van der Waals surface area (Å²) in [6.45, 7) is 3.51. The van der Waals surface area contributed by atoms with Crippen LogP contribution in [0.2, 0.25) is 0 Å². The van der Waals surface area contributed by atoms with Crippen molar-refractivity contribution in [2.24, 2.45) is 0 Å². The van der Waals surface area contributed by atoms with Gasteiger partial charge in [0, 0.05) is 27.0 Å². The van der Waals surface area contributed by atoms with Crippen molar-refractivity contribution in [3.63, 3.8) is 0 Å². The zero-order valence-corrected chi connectivity index (χ0v) is 13.1. The Hall–Kier alpha value is -2.40. The molecule has 2 aromatic heterocycles. The standard InChI is InChI=1S/C17H15NO3S/c1-10-7-8-15(22-10)17(20)21-9-14(19)16-11(2)18-13-6-4-3-5-12(13)16/h3-8,18H,9H2,1-2H3. The Morgan fingerprint density at radius 3 is 2.64 bits per heavy atom. The Bertz CT molecular complexity index is 860. The molecule has 3 aromatic rings. The fourth-order valence-corrected chi connectivity index (χ4v) is 3.22. The van der Waals surface area contributed by atoms with Crippen molar-refractivity contribution in [3.05, 3.63) is 57.4 Å². The molecule has 0 aliphatic rings. The third-order valence-corrected chi connectivity index (χ3v) is 4.43. The number of hydrogen-bond acceptors (Lipinski definition) is 4. The van der Waals surface area contributed by atoms with Gasteiger partial charge >= 0.3 is 5.97 Å². The quantitative estimate of drug-likeness (QED) is 0.587. The lowest BCUT2D eigenvalue weighted by molar-refractivity contribution is 0.0480. The van der Waals surface area contributed by atoms with Gasteiger partial charge in [-0.15, -0.1) is 11.3 Å². The number of para-hydroxylation sites is 1. The summed E-state index contributed by atoms with van der Waals surface area (Å²) in [5.41, 5.74) is 2.28. The Morgan fingerprint density at radius 1 is 1.14 bits per heavy atom. The summed E-state index contributed by atoms with van der Waals surface area (Å²) < 4.78 is 5.14. The number of nitrogens with one attached hydrogen (secondary N) is 1. The van der Waals surface area contributed by atoms with E-state index in [-0.39, 0.29) is 12.4 Å². The lowest BCUT2D eigenvalue weighted by Crippen LogP contribution is -2.14. The topological polar surface area (TPSA) is 59.2 Å². The van der Waals surface area contributed by atoms with E-state index in [2.05, 4.69) is 4.98 Å². The number of Topliss-reactive ketones (excluding diaryl/α,β-unsaturated/α-hetero) is 1. The summed E-state index contributed by atoms with van der Waals surface area (Å²) >= 11 is 1.36. The molecule has 1 aromatic carbocycles. The lowest BCUT2D eigenvalue weighted by Gasteiger charge is -2.03. The zero-order chi connectivity index (χ0) is 15.7. The van der Waals surface area contributed by atoms with Crippen LogP contribution in [0, 0.1) is 13.8 Å². The summed E-state index contributed by atoms with van der Waals surface area (Å²) in [6, 6.07) is 11.2. The molecule has 0 bridgehead atoms. The van der Waals surface area contributed by atoms with E-state index in [1.54, 1.807) is 6.07 Å². The van der Waals surface area contributed by atoms with Crippen molar-refractivity contribution >= 4 is 34.0 Å². The molecule has 2 heterocycles. The highest BCUT2D eigenvalue weighted by molar-refractivity contribution is 7.13. The van der Waals surface area contributed by atoms with Gasteiger partial charge in [0.1, 0.15) is 4.88 Å². The number of esters is 1. The normalized spacial score (nSPS) is 10.8. The number of ether oxygens (including phenoxy) is 1. The molecule has 0 aliphatic heterocycles. The van der Waals surface area contributed by atoms with Crippen LogP contribution in [0.15, 0.2) is 36.4 Å². The van der Waals surface area contributed by atoms with Crippen molar-refractivity contribution in [3.8, 4) is 0 Å². The highest BCUT2D eigenvalue weighted by Gasteiger charge is 2.18. The molecular weight excluding hydrogens is 298 g/mol. The van der Waals surface area contributed by atoms with Crippen molar-refractivity contribution < 1.29 is 14.3 Å². The summed E-state index contributed by atoms with van der Waals surface area (Å²) in [4.78, 5) is 29.0. The van der Waals surface area contributed by atoms with Crippen LogP contribution in [0.3, 0.4) is 0 Å². The number of hydrogen-bond donors (Lipinski definition) is 1. The molecule has 3 rings (SSSR count). The average molecular weight is 313 g/mol. The monoisotopic (exact) mass is 313 g/mol. The van der Waals surface area contributed by atoms with Crippen molar-refractivity contribution in [1.29, 1.82) is 0 Å². The SMILES string of the molecule is Cc1ccc(C(=O)OCC(=O)c2c(C)[nH]c3ccccc23)s1. The minimum atomic E-state index is -0.455. The second-order valence-electron chi connectivity index (χ2n) is 5.08. The minimum Gasteiger partial charge on any atom is -0.453 e. The molecule has 22 heavy (non-hydrogen) atoms. The first-order chi connectivity index (χ1) is 10.6. The second kappa shape index (κ2) is 5.77. The summed E-state index contributed by atoms with van der Waals surface area (Å²) in [7, 11) is 0. The molecule has 0 saturated carbocycles. The minimum absolute atomic E-state index is 0.198. The molecule has 0 radical (unpaired) electrons. The Morgan fingerprint density at radius 2 is 1.91 bits per heavy atom. The van der Waals surface area contributed by atoms with E-state index in [1.807, 2.05) is 44.2 Å². The van der Waals surface area contributed by atoms with E-state index < -0.39 is 5.97 Å². The van der Waals surface area contributed by atoms with Crippen LogP contribution < -0.4 is 0 Å². The summed E-state index contributed by atoms with van der Waals surface area (Å²) in [5, 5.41) is 0.855. The number of ketones is 1. The number of fused-ring (bicyclic) bond motifs is 1. The number of benzene rings is 1. The molecule has 0 aliphatic carbocycles. The van der Waals surface area contributed by atoms with Gasteiger partial charge in [-0.25, -0.2) is 4.79 Å². The predicted molar refractivity (Wildman–Crippen MR) is 86.7 cm³/mol. The van der Waals surface area contributed by atoms with Gasteiger partial charge in [-0.05, 0) is 32.0 Å². The van der Waals surface area contributed by atoms with Crippen LogP contribution in [0.4, 0.5) is 0 Å². The van der Waals surface area contributed by atoms with Crippen molar-refractivity contribution in [2.45, 2.75) is 13.8 Å². The second-order valence-corrected chi connectivity index (χ2v) is 6.37. The van der Waals surface area contributed by atoms with E-state index in [0.717, 1.165) is 21.5 Å². The van der Waals surface area contributed by atoms with Gasteiger partial charge in [0.15, 0.2) is 6.61 Å². The highest BCUT2D eigenvalue weighted by atomic mass is 32.1. The van der Waals surface area contributed by atoms with Crippen LogP contribution in [-0.2, 0) is 4.74 Å². The van der Waals surface area contributed by atoms with Gasteiger partial charge in [0.2, 0.25) is 5.78 Å². The third kappa shape index (κ3) is 2.67. The zero-order valence-electron chi connectivity index (χ0n) is 12.3. The number of carbonyl (C=O) groups is 2. The fourth-order valence-electron chi connectivity index (χ4n) is 2.45. The molecule has 1 N–H and O–H groups in total. The van der Waals surface area contributed by atoms with Gasteiger partial charge in [-0.1, -0.05) is 18.2 Å². The number of rotatable bonds is 4. The Labute approximate surface area is 131 Å². The summed E-state index contributed by atoms with van der Waals surface area (Å²) in [5.74, 6) is -0.652. The van der Waals surface area contributed by atoms with Crippen molar-refractivity contribution in [2.75, 3.05) is 6.61 Å². The molecule has 0 spiro atoms. The molecule has 0 unspecified atom stereocenters. The molecule has 0 fully saturated rings. The molecular formula is C17H15NO3S. The molecule has 112 valence electrons. The Kier molecular flexibility index (Phi) is 3.81. The van der Waals surface area contributed by atoms with Gasteiger partial charge < -0.3 is 9.72 Å². The van der Waals surface area contributed by atoms with Crippen molar-refractivity contribution in [1.82, 2.24) is 4.98 Å². The van der Waals surface area contributed by atoms with E-state index in [9.17, 15) is 9.59 Å². The predicted octanol–water partition coefficient (Wildman–Crippen LogP) is 3.89. The van der Waals surface area contributed by atoms with Gasteiger partial charge in [-0.2, -0.15) is 0 Å². The number of aromatic nitrogens is 1. The lowest BCUT2D eigenvalue weighted by atomic mass is 10.1. The largest absolute Gasteiger partial charge is 0.453 e. The van der Waals surface area contributed by atoms with E-state index in [4.69, 9.17) is 4.74 Å². The van der Waals surface area contributed by atoms with Gasteiger partial charge in [-0.3, -0.25) is 4.79 Å². The van der Waals surface area contributed by atoms with Crippen LogP contribution in [0.25, 0.3) is 10.9 Å². The van der Waals surface area contributed by atoms with Gasteiger partial charge in [0.05, 0.1) is 0 Å². The van der Waals surface area contributed by atoms with E-state index in [1.165, 1.54) is 11.3 Å². The molecule has 0 saturated heterocycles. The van der Waals surface area contributed by atoms with Crippen LogP contribution in [0.5, 0.6) is 0 Å². The maximum absolute atomic E-state index is 12.4. The summed E-state index contributed by atoms with van der Waals surface area (Å²) in [6.07, 6.45) is 0. The van der Waals surface area contributed by atoms with Crippen LogP contribution >= 0.6 is 11.3 Å². The molecule has 4 nitrogen and oxygen atoms in total. The first-order valence-electron chi connectivity index (χ1n) is 6.90. The first kappa shape index (κ1) is 14.5. The first-order valence-corrected chi connectivity index (χ1v) is 7.72. The highest BCUT2D eigenvalue weighted by Crippen LogP contribution is 2.22. The number of aromatic amines is 1.